The Morgan fingerprint density at radius 3 is 2.32 bits per heavy atom. The lowest BCUT2D eigenvalue weighted by Gasteiger charge is -2.36. The van der Waals surface area contributed by atoms with Crippen molar-refractivity contribution < 1.29 is 4.74 Å². The first kappa shape index (κ1) is 21.6. The second-order valence-electron chi connectivity index (χ2n) is 8.19. The molecule has 1 saturated heterocycles. The molecule has 0 unspecified atom stereocenters. The molecule has 0 radical (unpaired) electrons. The van der Waals surface area contributed by atoms with E-state index < -0.39 is 0 Å². The summed E-state index contributed by atoms with van der Waals surface area (Å²) in [6.07, 6.45) is 7.48. The van der Waals surface area contributed by atoms with Gasteiger partial charge in [-0.3, -0.25) is 0 Å². The van der Waals surface area contributed by atoms with Crippen LogP contribution in [0.1, 0.15) is 38.5 Å². The van der Waals surface area contributed by atoms with Gasteiger partial charge in [-0.15, -0.1) is 0 Å². The van der Waals surface area contributed by atoms with Crippen molar-refractivity contribution in [1.29, 1.82) is 0 Å². The topological polar surface area (TPSA) is 65.6 Å². The van der Waals surface area contributed by atoms with E-state index >= 15 is 0 Å². The van der Waals surface area contributed by atoms with Crippen LogP contribution >= 0.6 is 12.2 Å². The lowest BCUT2D eigenvalue weighted by atomic mass is 10.1. The average Bonchev–Trinajstić information content (AvgIpc) is 3.08. The van der Waals surface area contributed by atoms with Crippen LogP contribution in [0.2, 0.25) is 0 Å². The van der Waals surface area contributed by atoms with Crippen LogP contribution in [0.3, 0.4) is 0 Å². The molecule has 0 spiro atoms. The third-order valence-electron chi connectivity index (χ3n) is 6.04. The van der Waals surface area contributed by atoms with E-state index in [1.807, 2.05) is 6.07 Å². The van der Waals surface area contributed by atoms with E-state index in [1.165, 1.54) is 31.4 Å². The second kappa shape index (κ2) is 10.6. The normalized spacial score (nSPS) is 17.7. The summed E-state index contributed by atoms with van der Waals surface area (Å²) in [6, 6.07) is 12.9. The quantitative estimate of drug-likeness (QED) is 0.537. The molecule has 2 N–H and O–H groups in total. The molecule has 1 saturated carbocycles. The fraction of sp³-hybridized carbons (Fsp3) is 0.522. The summed E-state index contributed by atoms with van der Waals surface area (Å²) in [5.74, 6) is 1.88. The summed E-state index contributed by atoms with van der Waals surface area (Å²) in [5, 5.41) is 7.21. The summed E-state index contributed by atoms with van der Waals surface area (Å²) < 4.78 is 5.43. The third-order valence-corrected chi connectivity index (χ3v) is 6.26. The van der Waals surface area contributed by atoms with Gasteiger partial charge in [0.1, 0.15) is 5.82 Å². The van der Waals surface area contributed by atoms with Gasteiger partial charge >= 0.3 is 0 Å². The van der Waals surface area contributed by atoms with Crippen LogP contribution < -0.4 is 25.2 Å². The number of hydrogen-bond donors (Lipinski definition) is 2. The minimum Gasteiger partial charge on any atom is -0.481 e. The molecule has 0 atom stereocenters. The number of benzene rings is 1. The zero-order chi connectivity index (χ0) is 21.5. The Labute approximate surface area is 190 Å². The van der Waals surface area contributed by atoms with Gasteiger partial charge < -0.3 is 25.2 Å². The summed E-state index contributed by atoms with van der Waals surface area (Å²) in [6.45, 7) is 3.67. The number of methoxy groups -OCH3 is 1. The number of nitrogens with one attached hydrogen (secondary N) is 2. The first-order valence-electron chi connectivity index (χ1n) is 11.3. The molecule has 1 aromatic carbocycles. The van der Waals surface area contributed by atoms with Crippen LogP contribution in [0.15, 0.2) is 36.4 Å². The molecule has 2 aliphatic rings. The van der Waals surface area contributed by atoms with Crippen LogP contribution in [0.25, 0.3) is 0 Å². The van der Waals surface area contributed by atoms with Gasteiger partial charge in [0.25, 0.3) is 0 Å². The van der Waals surface area contributed by atoms with E-state index in [0.717, 1.165) is 44.8 Å². The van der Waals surface area contributed by atoms with E-state index in [2.05, 4.69) is 55.7 Å². The van der Waals surface area contributed by atoms with Gasteiger partial charge in [0.15, 0.2) is 5.11 Å². The molecule has 2 fully saturated rings. The Balaban J connectivity index is 1.38. The molecule has 0 bridgehead atoms. The van der Waals surface area contributed by atoms with Crippen molar-refractivity contribution in [2.24, 2.45) is 0 Å². The zero-order valence-electron chi connectivity index (χ0n) is 18.2. The molecule has 2 aromatic rings. The van der Waals surface area contributed by atoms with Crippen LogP contribution in [-0.4, -0.2) is 54.4 Å². The fourth-order valence-corrected chi connectivity index (χ4v) is 4.57. The molecule has 1 aliphatic carbocycles. The van der Waals surface area contributed by atoms with E-state index in [0.29, 0.717) is 23.0 Å². The molecular weight excluding hydrogens is 408 g/mol. The minimum atomic E-state index is 0.429. The van der Waals surface area contributed by atoms with Gasteiger partial charge in [-0.2, -0.15) is 9.97 Å². The summed E-state index contributed by atoms with van der Waals surface area (Å²) in [4.78, 5) is 13.9. The highest BCUT2D eigenvalue weighted by Gasteiger charge is 2.20. The minimum absolute atomic E-state index is 0.429. The van der Waals surface area contributed by atoms with Gasteiger partial charge in [0.2, 0.25) is 11.8 Å². The van der Waals surface area contributed by atoms with Crippen molar-refractivity contribution in [3.63, 3.8) is 0 Å². The van der Waals surface area contributed by atoms with Crippen molar-refractivity contribution >= 4 is 34.8 Å². The number of thiocarbonyl (C=S) groups is 1. The van der Waals surface area contributed by atoms with Crippen molar-refractivity contribution in [3.05, 3.63) is 36.4 Å². The van der Waals surface area contributed by atoms with Gasteiger partial charge in [0.05, 0.1) is 7.11 Å². The van der Waals surface area contributed by atoms with E-state index in [1.54, 1.807) is 7.11 Å². The third kappa shape index (κ3) is 5.97. The molecular formula is C23H32N6OS. The Hall–Kier alpha value is -2.61. The lowest BCUT2D eigenvalue weighted by Crippen LogP contribution is -2.47. The SMILES string of the molecule is COc1cc(N2CCN(c3ccccc3)CC2)nc(NC(=S)NC2CCCCCC2)n1. The maximum atomic E-state index is 5.55. The highest BCUT2D eigenvalue weighted by atomic mass is 32.1. The van der Waals surface area contributed by atoms with Crippen LogP contribution in [-0.2, 0) is 0 Å². The highest BCUT2D eigenvalue weighted by Crippen LogP contribution is 2.23. The Morgan fingerprint density at radius 1 is 0.968 bits per heavy atom. The molecule has 4 rings (SSSR count). The van der Waals surface area contributed by atoms with Crippen molar-refractivity contribution in [1.82, 2.24) is 15.3 Å². The standard InChI is InChI=1S/C23H32N6OS/c1-30-21-17-20(29-15-13-28(14-16-29)19-11-7-4-8-12-19)25-22(26-21)27-23(31)24-18-9-5-2-3-6-10-18/h4,7-8,11-12,17-18H,2-3,5-6,9-10,13-16H2,1H3,(H2,24,25,26,27,31). The molecule has 166 valence electrons. The van der Waals surface area contributed by atoms with E-state index in [9.17, 15) is 0 Å². The number of rotatable bonds is 5. The number of para-hydroxylation sites is 1. The van der Waals surface area contributed by atoms with Crippen LogP contribution in [0.5, 0.6) is 5.88 Å². The predicted molar refractivity (Wildman–Crippen MR) is 130 cm³/mol. The number of aromatic nitrogens is 2. The maximum Gasteiger partial charge on any atom is 0.234 e. The number of ether oxygens (including phenoxy) is 1. The highest BCUT2D eigenvalue weighted by molar-refractivity contribution is 7.80. The van der Waals surface area contributed by atoms with E-state index in [-0.39, 0.29) is 0 Å². The number of nitrogens with zero attached hydrogens (tertiary/aromatic N) is 4. The predicted octanol–water partition coefficient (Wildman–Crippen LogP) is 3.82. The molecule has 1 aliphatic heterocycles. The number of anilines is 3. The van der Waals surface area contributed by atoms with Crippen molar-refractivity contribution in [2.75, 3.05) is 48.4 Å². The van der Waals surface area contributed by atoms with Gasteiger partial charge in [0, 0.05) is 44.0 Å². The largest absolute Gasteiger partial charge is 0.481 e. The molecule has 7 nitrogen and oxygen atoms in total. The molecule has 1 aromatic heterocycles. The number of piperazine rings is 1. The van der Waals surface area contributed by atoms with Gasteiger partial charge in [-0.05, 0) is 37.2 Å². The van der Waals surface area contributed by atoms with Crippen LogP contribution in [0.4, 0.5) is 17.5 Å². The van der Waals surface area contributed by atoms with Crippen molar-refractivity contribution in [2.45, 2.75) is 44.6 Å². The van der Waals surface area contributed by atoms with Crippen molar-refractivity contribution in [3.8, 4) is 5.88 Å². The summed E-state index contributed by atoms with van der Waals surface area (Å²) in [5.41, 5.74) is 1.26. The van der Waals surface area contributed by atoms with Gasteiger partial charge in [-0.25, -0.2) is 0 Å². The summed E-state index contributed by atoms with van der Waals surface area (Å²) in [7, 11) is 1.63. The average molecular weight is 441 g/mol. The summed E-state index contributed by atoms with van der Waals surface area (Å²) >= 11 is 5.55. The monoisotopic (exact) mass is 440 g/mol. The first-order valence-corrected chi connectivity index (χ1v) is 11.7. The first-order chi connectivity index (χ1) is 15.2. The van der Waals surface area contributed by atoms with E-state index in [4.69, 9.17) is 21.9 Å². The van der Waals surface area contributed by atoms with Gasteiger partial charge in [-0.1, -0.05) is 43.9 Å². The zero-order valence-corrected chi connectivity index (χ0v) is 19.0. The molecule has 8 heteroatoms. The Kier molecular flexibility index (Phi) is 7.40. The Bertz CT molecular complexity index is 848. The molecule has 31 heavy (non-hydrogen) atoms. The molecule has 2 heterocycles. The van der Waals surface area contributed by atoms with Crippen LogP contribution in [0, 0.1) is 0 Å². The Morgan fingerprint density at radius 2 is 1.65 bits per heavy atom. The smallest absolute Gasteiger partial charge is 0.234 e. The second-order valence-corrected chi connectivity index (χ2v) is 8.60. The fourth-order valence-electron chi connectivity index (χ4n) is 4.31. The number of hydrogen-bond acceptors (Lipinski definition) is 6. The molecule has 0 amide bonds. The lowest BCUT2D eigenvalue weighted by molar-refractivity contribution is 0.397. The maximum absolute atomic E-state index is 5.55.